The van der Waals surface area contributed by atoms with E-state index in [1.165, 1.54) is 17.7 Å². The molecule has 0 saturated carbocycles. The van der Waals surface area contributed by atoms with Crippen molar-refractivity contribution >= 4 is 23.2 Å². The molecule has 3 aromatic carbocycles. The minimum Gasteiger partial charge on any atom is -0.371 e. The number of carbonyl (C=O) groups is 2. The van der Waals surface area contributed by atoms with Crippen LogP contribution in [0.2, 0.25) is 0 Å². The highest BCUT2D eigenvalue weighted by Gasteiger charge is 2.27. The molecule has 39 heavy (non-hydrogen) atoms. The Morgan fingerprint density at radius 2 is 1.54 bits per heavy atom. The fraction of sp³-hybridized carbons (Fsp3) is 0.394. The van der Waals surface area contributed by atoms with Crippen LogP contribution in [-0.4, -0.2) is 42.9 Å². The van der Waals surface area contributed by atoms with Gasteiger partial charge in [0.25, 0.3) is 5.91 Å². The summed E-state index contributed by atoms with van der Waals surface area (Å²) in [4.78, 5) is 30.8. The van der Waals surface area contributed by atoms with Crippen molar-refractivity contribution in [2.45, 2.75) is 45.4 Å². The number of hydrogen-bond donors (Lipinski definition) is 1. The third-order valence-corrected chi connectivity index (χ3v) is 8.18. The molecule has 0 aliphatic carbocycles. The van der Waals surface area contributed by atoms with Crippen molar-refractivity contribution in [1.29, 1.82) is 0 Å². The second-order valence-corrected chi connectivity index (χ2v) is 11.2. The summed E-state index contributed by atoms with van der Waals surface area (Å²) < 4.78 is 13.2. The van der Waals surface area contributed by atoms with E-state index >= 15 is 0 Å². The van der Waals surface area contributed by atoms with Gasteiger partial charge in [-0.3, -0.25) is 9.59 Å². The van der Waals surface area contributed by atoms with Crippen LogP contribution in [0, 0.1) is 17.7 Å². The van der Waals surface area contributed by atoms with Crippen molar-refractivity contribution in [3.05, 3.63) is 95.3 Å². The van der Waals surface area contributed by atoms with E-state index in [-0.39, 0.29) is 24.1 Å². The molecule has 2 saturated heterocycles. The maximum absolute atomic E-state index is 13.8. The smallest absolute Gasteiger partial charge is 0.256 e. The minimum atomic E-state index is -0.325. The Balaban J connectivity index is 1.31. The quantitative estimate of drug-likeness (QED) is 0.390. The predicted octanol–water partition coefficient (Wildman–Crippen LogP) is 6.34. The fourth-order valence-corrected chi connectivity index (χ4v) is 5.76. The summed E-state index contributed by atoms with van der Waals surface area (Å²) in [7, 11) is 0. The number of nitrogens with zero attached hydrogens (tertiary/aromatic N) is 2. The summed E-state index contributed by atoms with van der Waals surface area (Å²) in [6.45, 7) is 5.58. The first-order valence-electron chi connectivity index (χ1n) is 14.2. The average molecular weight is 528 g/mol. The number of carbonyl (C=O) groups excluding carboxylic acids is 2. The van der Waals surface area contributed by atoms with Crippen LogP contribution in [0.1, 0.15) is 54.1 Å². The van der Waals surface area contributed by atoms with Crippen molar-refractivity contribution < 1.29 is 14.0 Å². The van der Waals surface area contributed by atoms with Gasteiger partial charge in [0.05, 0.1) is 12.0 Å². The van der Waals surface area contributed by atoms with E-state index in [0.29, 0.717) is 23.1 Å². The number of halogens is 1. The van der Waals surface area contributed by atoms with Crippen LogP contribution in [0.5, 0.6) is 0 Å². The van der Waals surface area contributed by atoms with Crippen LogP contribution in [-0.2, 0) is 17.6 Å². The highest BCUT2D eigenvalue weighted by atomic mass is 19.1. The van der Waals surface area contributed by atoms with Gasteiger partial charge in [0, 0.05) is 37.6 Å². The zero-order valence-electron chi connectivity index (χ0n) is 22.7. The molecule has 5 nitrogen and oxygen atoms in total. The second-order valence-electron chi connectivity index (χ2n) is 11.2. The van der Waals surface area contributed by atoms with E-state index in [1.54, 1.807) is 12.1 Å². The van der Waals surface area contributed by atoms with E-state index in [2.05, 4.69) is 47.5 Å². The van der Waals surface area contributed by atoms with Gasteiger partial charge in [-0.15, -0.1) is 0 Å². The van der Waals surface area contributed by atoms with E-state index < -0.39 is 0 Å². The molecule has 2 aliphatic rings. The van der Waals surface area contributed by atoms with Gasteiger partial charge in [0.1, 0.15) is 5.82 Å². The molecule has 204 valence electrons. The molecule has 2 aliphatic heterocycles. The highest BCUT2D eigenvalue weighted by molar-refractivity contribution is 6.02. The Bertz CT molecular complexity index is 1260. The number of nitrogens with one attached hydrogen (secondary N) is 1. The summed E-state index contributed by atoms with van der Waals surface area (Å²) in [5.41, 5.74) is 4.34. The SMILES string of the molecule is CC1CCN(C(=O)c2cc(NC(=O)Cc3ccc(F)cc3)ccc2N2CCC(Cc3ccccc3)CC2)CC1. The standard InChI is InChI=1S/C33H38FN3O2/c1-24-13-17-37(18-14-24)33(39)30-23-29(35-32(38)22-26-7-9-28(34)10-8-26)11-12-31(30)36-19-15-27(16-20-36)21-25-5-3-2-4-6-25/h2-12,23-24,27H,13-22H2,1H3,(H,35,38). The molecule has 0 bridgehead atoms. The molecule has 2 heterocycles. The molecule has 5 rings (SSSR count). The largest absolute Gasteiger partial charge is 0.371 e. The lowest BCUT2D eigenvalue weighted by Gasteiger charge is -2.36. The third kappa shape index (κ3) is 7.05. The molecule has 1 N–H and O–H groups in total. The average Bonchev–Trinajstić information content (AvgIpc) is 2.95. The molecule has 6 heteroatoms. The van der Waals surface area contributed by atoms with Crippen molar-refractivity contribution in [3.63, 3.8) is 0 Å². The van der Waals surface area contributed by atoms with Crippen LogP contribution >= 0.6 is 0 Å². The summed E-state index contributed by atoms with van der Waals surface area (Å²) in [5, 5.41) is 2.95. The van der Waals surface area contributed by atoms with Crippen molar-refractivity contribution in [2.24, 2.45) is 11.8 Å². The number of likely N-dealkylation sites (tertiary alicyclic amines) is 1. The molecule has 0 spiro atoms. The summed E-state index contributed by atoms with van der Waals surface area (Å²) in [6, 6.07) is 22.3. The molecule has 0 aromatic heterocycles. The first kappa shape index (κ1) is 26.9. The lowest BCUT2D eigenvalue weighted by molar-refractivity contribution is -0.115. The van der Waals surface area contributed by atoms with E-state index in [0.717, 1.165) is 69.5 Å². The Morgan fingerprint density at radius 1 is 0.846 bits per heavy atom. The maximum Gasteiger partial charge on any atom is 0.256 e. The molecule has 2 amide bonds. The van der Waals surface area contributed by atoms with Gasteiger partial charge in [0.15, 0.2) is 0 Å². The first-order chi connectivity index (χ1) is 18.9. The molecule has 0 atom stereocenters. The Morgan fingerprint density at radius 3 is 2.23 bits per heavy atom. The van der Waals surface area contributed by atoms with E-state index in [4.69, 9.17) is 0 Å². The van der Waals surface area contributed by atoms with Crippen LogP contribution in [0.3, 0.4) is 0 Å². The predicted molar refractivity (Wildman–Crippen MR) is 155 cm³/mol. The Kier molecular flexibility index (Phi) is 8.60. The van der Waals surface area contributed by atoms with Crippen molar-refractivity contribution in [3.8, 4) is 0 Å². The number of hydrogen-bond acceptors (Lipinski definition) is 3. The van der Waals surface area contributed by atoms with Gasteiger partial charge in [0.2, 0.25) is 5.91 Å². The molecule has 3 aromatic rings. The normalized spacial score (nSPS) is 16.8. The maximum atomic E-state index is 13.8. The fourth-order valence-electron chi connectivity index (χ4n) is 5.76. The van der Waals surface area contributed by atoms with Crippen LogP contribution in [0.25, 0.3) is 0 Å². The number of anilines is 2. The van der Waals surface area contributed by atoms with Gasteiger partial charge < -0.3 is 15.1 Å². The minimum absolute atomic E-state index is 0.0398. The molecule has 0 radical (unpaired) electrons. The van der Waals surface area contributed by atoms with E-state index in [1.807, 2.05) is 23.1 Å². The summed E-state index contributed by atoms with van der Waals surface area (Å²) >= 11 is 0. The van der Waals surface area contributed by atoms with Crippen molar-refractivity contribution in [2.75, 3.05) is 36.4 Å². The van der Waals surface area contributed by atoms with Gasteiger partial charge in [-0.05, 0) is 85.4 Å². The molecule has 2 fully saturated rings. The lowest BCUT2D eigenvalue weighted by Crippen LogP contribution is -2.40. The van der Waals surface area contributed by atoms with Gasteiger partial charge in [-0.25, -0.2) is 4.39 Å². The molecule has 0 unspecified atom stereocenters. The van der Waals surface area contributed by atoms with Gasteiger partial charge in [-0.1, -0.05) is 49.4 Å². The summed E-state index contributed by atoms with van der Waals surface area (Å²) in [5.74, 6) is 0.791. The van der Waals surface area contributed by atoms with Crippen LogP contribution in [0.4, 0.5) is 15.8 Å². The Hall–Kier alpha value is -3.67. The molecular weight excluding hydrogens is 489 g/mol. The number of benzene rings is 3. The van der Waals surface area contributed by atoms with Gasteiger partial charge in [-0.2, -0.15) is 0 Å². The monoisotopic (exact) mass is 527 g/mol. The third-order valence-electron chi connectivity index (χ3n) is 8.18. The number of rotatable bonds is 7. The topological polar surface area (TPSA) is 52.7 Å². The van der Waals surface area contributed by atoms with Crippen LogP contribution in [0.15, 0.2) is 72.8 Å². The molecular formula is C33H38FN3O2. The zero-order valence-corrected chi connectivity index (χ0v) is 22.7. The zero-order chi connectivity index (χ0) is 27.2. The van der Waals surface area contributed by atoms with Crippen molar-refractivity contribution in [1.82, 2.24) is 4.90 Å². The first-order valence-corrected chi connectivity index (χ1v) is 14.2. The Labute approximate surface area is 231 Å². The highest BCUT2D eigenvalue weighted by Crippen LogP contribution is 2.32. The lowest BCUT2D eigenvalue weighted by atomic mass is 9.89. The second kappa shape index (κ2) is 12.5. The van der Waals surface area contributed by atoms with Gasteiger partial charge >= 0.3 is 0 Å². The van der Waals surface area contributed by atoms with E-state index in [9.17, 15) is 14.0 Å². The summed E-state index contributed by atoms with van der Waals surface area (Å²) in [6.07, 6.45) is 5.43. The number of amides is 2. The van der Waals surface area contributed by atoms with Crippen LogP contribution < -0.4 is 10.2 Å². The number of piperidine rings is 2.